The van der Waals surface area contributed by atoms with Crippen LogP contribution < -0.4 is 0 Å². The molecule has 0 saturated carbocycles. The third kappa shape index (κ3) is 53.1. The topological polar surface area (TPSA) is 114 Å². The van der Waals surface area contributed by atoms with Gasteiger partial charge in [-0.15, -0.1) is 0 Å². The molecule has 0 amide bonds. The molecule has 9 heteroatoms. The molecule has 0 fully saturated rings. The van der Waals surface area contributed by atoms with Gasteiger partial charge in [-0.2, -0.15) is 0 Å². The van der Waals surface area contributed by atoms with Gasteiger partial charge in [0, 0.05) is 0 Å². The minimum atomic E-state index is -4.36. The Hall–Kier alpha value is -0.169. The van der Waals surface area contributed by atoms with Gasteiger partial charge in [0.1, 0.15) is 20.2 Å². The summed E-state index contributed by atoms with van der Waals surface area (Å²) in [6.45, 7) is 4.59. The van der Waals surface area contributed by atoms with Crippen molar-refractivity contribution in [2.75, 3.05) is 0 Å². The van der Waals surface area contributed by atoms with E-state index in [4.69, 9.17) is 0 Å². The maximum atomic E-state index is 11.4. The van der Waals surface area contributed by atoms with Crippen LogP contribution in [0.3, 0.4) is 0 Å². The monoisotopic (exact) mass is 1260 g/mol. The first-order valence-corrected chi connectivity index (χ1v) is 37.0. The van der Waals surface area contributed by atoms with Gasteiger partial charge in [0.15, 0.2) is 0 Å². The fourth-order valence-corrected chi connectivity index (χ4v) is 13.0. The molecule has 456 valence electrons. The van der Waals surface area contributed by atoms with E-state index < -0.39 is 20.2 Å². The zero-order chi connectivity index (χ0) is 56.6. The molecule has 2 aromatic rings. The van der Waals surface area contributed by atoms with Crippen LogP contribution in [0.15, 0.2) is 58.3 Å². The van der Waals surface area contributed by atoms with Crippen molar-refractivity contribution in [1.29, 1.82) is 0 Å². The van der Waals surface area contributed by atoms with Gasteiger partial charge in [0.05, 0.1) is 9.79 Å². The first kappa shape index (κ1) is 78.8. The van der Waals surface area contributed by atoms with Crippen LogP contribution in [-0.4, -0.2) is 74.8 Å². The molecule has 0 atom stereocenters. The van der Waals surface area contributed by atoms with Crippen LogP contribution in [0.1, 0.15) is 372 Å². The van der Waals surface area contributed by atoms with E-state index >= 15 is 0 Å². The molecule has 0 radical (unpaired) electrons. The van der Waals surface area contributed by atoms with Crippen LogP contribution >= 0.6 is 0 Å². The summed E-state index contributed by atoms with van der Waals surface area (Å²) in [5.74, 6) is 0. The summed E-state index contributed by atoms with van der Waals surface area (Å²) < 4.78 is 68.1. The third-order valence-corrected chi connectivity index (χ3v) is 18.5. The second-order valence-corrected chi connectivity index (χ2v) is 26.7. The Kier molecular flexibility index (Phi) is 59.4. The molecule has 2 rings (SSSR count). The average Bonchev–Trinajstić information content (AvgIpc) is 3.44. The molecule has 0 heterocycles. The number of aryl methyl sites for hydroxylation is 2. The molecule has 0 aliphatic carbocycles. The predicted octanol–water partition coefficient (Wildman–Crippen LogP) is 23.0. The first-order chi connectivity index (χ1) is 38.1. The average molecular weight is 1270 g/mol. The Labute approximate surface area is 532 Å². The Morgan fingerprint density at radius 1 is 0.241 bits per heavy atom. The van der Waals surface area contributed by atoms with Gasteiger partial charge in [-0.25, -0.2) is 16.8 Å². The number of hydrogen-bond acceptors (Lipinski definition) is 6. The summed E-state index contributed by atoms with van der Waals surface area (Å²) in [5.41, 5.74) is 1.35. The Balaban J connectivity index is 0.00000152. The van der Waals surface area contributed by atoms with E-state index in [0.717, 1.165) is 25.7 Å². The zero-order valence-corrected chi connectivity index (χ0v) is 58.3. The normalized spacial score (nSPS) is 11.7. The summed E-state index contributed by atoms with van der Waals surface area (Å²) in [6, 6.07) is 13.3. The summed E-state index contributed by atoms with van der Waals surface area (Å²) in [7, 11) is -8.73. The van der Waals surface area contributed by atoms with Gasteiger partial charge >= 0.3 is 48.9 Å². The molecule has 79 heavy (non-hydrogen) atoms. The summed E-state index contributed by atoms with van der Waals surface area (Å²) >= 11 is 0. The molecular weight excluding hydrogens is 1140 g/mol. The number of benzene rings is 2. The molecule has 0 aliphatic heterocycles. The maximum absolute atomic E-state index is 11.4. The maximum Gasteiger partial charge on any atom is 2.00 e. The Morgan fingerprint density at radius 2 is 0.380 bits per heavy atom. The first-order valence-electron chi connectivity index (χ1n) is 34.2. The van der Waals surface area contributed by atoms with E-state index in [1.165, 1.54) is 333 Å². The minimum absolute atomic E-state index is 0. The van der Waals surface area contributed by atoms with Crippen molar-refractivity contribution in [2.45, 2.75) is 383 Å². The van der Waals surface area contributed by atoms with Crippen molar-refractivity contribution in [2.24, 2.45) is 0 Å². The quantitative estimate of drug-likeness (QED) is 0.0370. The van der Waals surface area contributed by atoms with Crippen molar-refractivity contribution in [3.05, 3.63) is 59.7 Å². The van der Waals surface area contributed by atoms with E-state index in [2.05, 4.69) is 13.8 Å². The van der Waals surface area contributed by atoms with Crippen molar-refractivity contribution in [3.63, 3.8) is 0 Å². The SMILES string of the molecule is CCCCCCCCCCCCCCCCCCCCCCCCCCCCCc1ccccc1S(=O)(=O)[O-].CCCCCCCCCCCCCCCCCCCCCCCCCCCCCc1ccccc1S(=O)(=O)[O-].[Ba+2]. The van der Waals surface area contributed by atoms with Gasteiger partial charge in [-0.1, -0.05) is 384 Å². The largest absolute Gasteiger partial charge is 2.00 e. The summed E-state index contributed by atoms with van der Waals surface area (Å²) in [5, 5.41) is 0. The summed E-state index contributed by atoms with van der Waals surface area (Å²) in [6.07, 6.45) is 76.0. The standard InChI is InChI=1S/2C35H64O3S.Ba/c2*1-2-3-4-5-6-7-8-9-10-11-12-13-14-15-16-17-18-19-20-21-22-23-24-25-26-27-28-31-34-32-29-30-33-35(34)39(36,37)38;/h2*29-30,32-33H,2-28,31H2,1H3,(H,36,37,38);/q;;+2/p-2. The molecule has 0 saturated heterocycles. The smallest absolute Gasteiger partial charge is 0.744 e. The molecule has 0 unspecified atom stereocenters. The fraction of sp³-hybridized carbons (Fsp3) is 0.829. The van der Waals surface area contributed by atoms with Crippen LogP contribution in [0.5, 0.6) is 0 Å². The molecule has 0 aromatic heterocycles. The van der Waals surface area contributed by atoms with Gasteiger partial charge in [-0.3, -0.25) is 0 Å². The molecule has 0 aliphatic rings. The van der Waals surface area contributed by atoms with Gasteiger partial charge < -0.3 is 9.11 Å². The Bertz CT molecular complexity index is 1660. The molecular formula is C70H126BaO6S2. The number of hydrogen-bond donors (Lipinski definition) is 0. The van der Waals surface area contributed by atoms with Gasteiger partial charge in [0.25, 0.3) is 0 Å². The fourth-order valence-electron chi connectivity index (χ4n) is 11.5. The van der Waals surface area contributed by atoms with Crippen LogP contribution in [0.2, 0.25) is 0 Å². The van der Waals surface area contributed by atoms with Crippen LogP contribution in [0, 0.1) is 0 Å². The van der Waals surface area contributed by atoms with Crippen molar-refractivity contribution in [1.82, 2.24) is 0 Å². The van der Waals surface area contributed by atoms with E-state index in [0.29, 0.717) is 24.0 Å². The molecule has 6 nitrogen and oxygen atoms in total. The van der Waals surface area contributed by atoms with Crippen molar-refractivity contribution >= 4 is 69.1 Å². The third-order valence-electron chi connectivity index (χ3n) is 16.6. The van der Waals surface area contributed by atoms with Gasteiger partial charge in [-0.05, 0) is 48.9 Å². The minimum Gasteiger partial charge on any atom is -0.744 e. The predicted molar refractivity (Wildman–Crippen MR) is 343 cm³/mol. The van der Waals surface area contributed by atoms with E-state index in [-0.39, 0.29) is 58.7 Å². The van der Waals surface area contributed by atoms with E-state index in [1.807, 2.05) is 12.1 Å². The number of rotatable bonds is 58. The molecule has 2 aromatic carbocycles. The van der Waals surface area contributed by atoms with Crippen molar-refractivity contribution < 1.29 is 25.9 Å². The van der Waals surface area contributed by atoms with Crippen LogP contribution in [0.4, 0.5) is 0 Å². The molecule has 0 N–H and O–H groups in total. The van der Waals surface area contributed by atoms with Crippen molar-refractivity contribution in [3.8, 4) is 0 Å². The van der Waals surface area contributed by atoms with Crippen LogP contribution in [-0.2, 0) is 33.1 Å². The van der Waals surface area contributed by atoms with Gasteiger partial charge in [0.2, 0.25) is 0 Å². The van der Waals surface area contributed by atoms with E-state index in [1.54, 1.807) is 24.3 Å². The molecule has 0 spiro atoms. The Morgan fingerprint density at radius 3 is 0.532 bits per heavy atom. The second kappa shape index (κ2) is 59.6. The van der Waals surface area contributed by atoms with Crippen LogP contribution in [0.25, 0.3) is 0 Å². The summed E-state index contributed by atoms with van der Waals surface area (Å²) in [4.78, 5) is -0.0837. The zero-order valence-electron chi connectivity index (χ0n) is 52.2. The number of unbranched alkanes of at least 4 members (excludes halogenated alkanes) is 52. The molecule has 0 bridgehead atoms. The second-order valence-electron chi connectivity index (χ2n) is 24.0. The van der Waals surface area contributed by atoms with E-state index in [9.17, 15) is 25.9 Å².